The zero-order chi connectivity index (χ0) is 14.5. The second-order valence-electron chi connectivity index (χ2n) is 4.28. The van der Waals surface area contributed by atoms with E-state index < -0.39 is 0 Å². The van der Waals surface area contributed by atoms with Gasteiger partial charge in [-0.2, -0.15) is 0 Å². The van der Waals surface area contributed by atoms with Crippen molar-refractivity contribution in [1.82, 2.24) is 5.32 Å². The van der Waals surface area contributed by atoms with E-state index >= 15 is 0 Å². The highest BCUT2D eigenvalue weighted by molar-refractivity contribution is 7.99. The fourth-order valence-corrected chi connectivity index (χ4v) is 3.17. The van der Waals surface area contributed by atoms with Crippen LogP contribution in [0.4, 0.5) is 8.78 Å². The molecule has 0 heterocycles. The summed E-state index contributed by atoms with van der Waals surface area (Å²) in [6, 6.07) is 10.6. The number of hydrogen-bond donors (Lipinski definition) is 1. The van der Waals surface area contributed by atoms with Crippen molar-refractivity contribution in [1.29, 1.82) is 0 Å². The van der Waals surface area contributed by atoms with Crippen molar-refractivity contribution in [2.45, 2.75) is 10.9 Å². The molecule has 0 aliphatic heterocycles. The van der Waals surface area contributed by atoms with Crippen LogP contribution < -0.4 is 5.32 Å². The molecule has 1 unspecified atom stereocenters. The van der Waals surface area contributed by atoms with E-state index in [0.717, 1.165) is 4.90 Å². The topological polar surface area (TPSA) is 12.0 Å². The molecule has 106 valence electrons. The van der Waals surface area contributed by atoms with Crippen LogP contribution in [0.5, 0.6) is 0 Å². The Morgan fingerprint density at radius 3 is 2.60 bits per heavy atom. The van der Waals surface area contributed by atoms with E-state index in [1.54, 1.807) is 19.2 Å². The molecule has 0 spiro atoms. The molecule has 1 nitrogen and oxygen atoms in total. The van der Waals surface area contributed by atoms with Gasteiger partial charge < -0.3 is 5.32 Å². The van der Waals surface area contributed by atoms with Crippen molar-refractivity contribution in [3.05, 3.63) is 64.7 Å². The lowest BCUT2D eigenvalue weighted by molar-refractivity contribution is 0.611. The molecular weight excluding hydrogens is 300 g/mol. The van der Waals surface area contributed by atoms with E-state index in [1.807, 2.05) is 6.07 Å². The highest BCUT2D eigenvalue weighted by Gasteiger charge is 2.14. The molecule has 0 fully saturated rings. The molecule has 2 rings (SSSR count). The van der Waals surface area contributed by atoms with Crippen molar-refractivity contribution >= 4 is 23.4 Å². The summed E-state index contributed by atoms with van der Waals surface area (Å²) in [6.07, 6.45) is 0. The summed E-state index contributed by atoms with van der Waals surface area (Å²) in [5.74, 6) is 0.0450. The van der Waals surface area contributed by atoms with Crippen molar-refractivity contribution in [3.63, 3.8) is 0 Å². The van der Waals surface area contributed by atoms with Gasteiger partial charge in [0, 0.05) is 21.7 Å². The average Bonchev–Trinajstić information content (AvgIpc) is 2.43. The lowest BCUT2D eigenvalue weighted by Crippen LogP contribution is -2.19. The first-order chi connectivity index (χ1) is 9.60. The first-order valence-electron chi connectivity index (χ1n) is 6.10. The fourth-order valence-electron chi connectivity index (χ4n) is 1.85. The van der Waals surface area contributed by atoms with Crippen LogP contribution >= 0.6 is 23.4 Å². The van der Waals surface area contributed by atoms with Gasteiger partial charge in [0.25, 0.3) is 0 Å². The van der Waals surface area contributed by atoms with Crippen molar-refractivity contribution in [2.75, 3.05) is 12.8 Å². The van der Waals surface area contributed by atoms with E-state index in [2.05, 4.69) is 5.32 Å². The Labute approximate surface area is 126 Å². The van der Waals surface area contributed by atoms with Gasteiger partial charge in [-0.05, 0) is 49.0 Å². The molecule has 0 aliphatic rings. The third-order valence-electron chi connectivity index (χ3n) is 2.89. The summed E-state index contributed by atoms with van der Waals surface area (Å²) >= 11 is 7.59. The molecule has 0 aromatic heterocycles. The summed E-state index contributed by atoms with van der Waals surface area (Å²) in [5, 5.41) is 3.62. The van der Waals surface area contributed by atoms with Crippen LogP contribution in [0.2, 0.25) is 5.02 Å². The molecule has 0 radical (unpaired) electrons. The number of hydrogen-bond acceptors (Lipinski definition) is 2. The van der Waals surface area contributed by atoms with E-state index in [4.69, 9.17) is 11.6 Å². The minimum Gasteiger partial charge on any atom is -0.312 e. The Hall–Kier alpha value is -1.10. The van der Waals surface area contributed by atoms with Crippen molar-refractivity contribution in [2.24, 2.45) is 0 Å². The van der Waals surface area contributed by atoms with Crippen LogP contribution in [0.15, 0.2) is 47.4 Å². The number of rotatable bonds is 5. The maximum atomic E-state index is 13.3. The second kappa shape index (κ2) is 7.07. The molecule has 1 N–H and O–H groups in total. The molecule has 20 heavy (non-hydrogen) atoms. The van der Waals surface area contributed by atoms with Crippen LogP contribution in [0.1, 0.15) is 11.6 Å². The Bertz CT molecular complexity index is 592. The number of halogens is 3. The molecule has 1 atom stereocenters. The van der Waals surface area contributed by atoms with Crippen LogP contribution in [0.3, 0.4) is 0 Å². The van der Waals surface area contributed by atoms with Crippen LogP contribution in [-0.2, 0) is 0 Å². The summed E-state index contributed by atoms with van der Waals surface area (Å²) in [7, 11) is 1.79. The van der Waals surface area contributed by atoms with Gasteiger partial charge in [-0.1, -0.05) is 17.7 Å². The minimum absolute atomic E-state index is 0.105. The normalized spacial score (nSPS) is 12.4. The van der Waals surface area contributed by atoms with Gasteiger partial charge in [0.15, 0.2) is 0 Å². The predicted molar refractivity (Wildman–Crippen MR) is 80.3 cm³/mol. The monoisotopic (exact) mass is 313 g/mol. The summed E-state index contributed by atoms with van der Waals surface area (Å²) < 4.78 is 26.4. The molecule has 5 heteroatoms. The molecule has 2 aromatic rings. The Morgan fingerprint density at radius 2 is 1.90 bits per heavy atom. The van der Waals surface area contributed by atoms with Crippen LogP contribution in [0, 0.1) is 11.6 Å². The number of nitrogens with one attached hydrogen (secondary N) is 1. The lowest BCUT2D eigenvalue weighted by atomic mass is 10.1. The van der Waals surface area contributed by atoms with E-state index in [1.165, 1.54) is 36.0 Å². The van der Waals surface area contributed by atoms with Crippen molar-refractivity contribution < 1.29 is 8.78 Å². The smallest absolute Gasteiger partial charge is 0.124 e. The highest BCUT2D eigenvalue weighted by atomic mass is 35.5. The molecule has 0 aliphatic carbocycles. The van der Waals surface area contributed by atoms with Gasteiger partial charge in [0.05, 0.1) is 0 Å². The standard InChI is InChI=1S/C15H14ClF2NS/c1-19-15(13-8-11(18)5-6-14(13)16)9-20-12-4-2-3-10(17)7-12/h2-8,15,19H,9H2,1H3. The van der Waals surface area contributed by atoms with Crippen LogP contribution in [-0.4, -0.2) is 12.8 Å². The van der Waals surface area contributed by atoms with E-state index in [9.17, 15) is 8.78 Å². The minimum atomic E-state index is -0.319. The predicted octanol–water partition coefficient (Wildman–Crippen LogP) is 4.67. The Balaban J connectivity index is 2.11. The van der Waals surface area contributed by atoms with Gasteiger partial charge in [-0.3, -0.25) is 0 Å². The fraction of sp³-hybridized carbons (Fsp3) is 0.200. The van der Waals surface area contributed by atoms with Gasteiger partial charge in [-0.15, -0.1) is 11.8 Å². The quantitative estimate of drug-likeness (QED) is 0.805. The van der Waals surface area contributed by atoms with Gasteiger partial charge in [0.2, 0.25) is 0 Å². The van der Waals surface area contributed by atoms with Gasteiger partial charge in [0.1, 0.15) is 11.6 Å². The van der Waals surface area contributed by atoms with Crippen molar-refractivity contribution in [3.8, 4) is 0 Å². The molecule has 2 aromatic carbocycles. The first kappa shape index (κ1) is 15.3. The number of benzene rings is 2. The highest BCUT2D eigenvalue weighted by Crippen LogP contribution is 2.29. The molecule has 0 saturated carbocycles. The maximum absolute atomic E-state index is 13.3. The maximum Gasteiger partial charge on any atom is 0.124 e. The van der Waals surface area contributed by atoms with E-state index in [-0.39, 0.29) is 17.7 Å². The summed E-state index contributed by atoms with van der Waals surface area (Å²) in [6.45, 7) is 0. The summed E-state index contributed by atoms with van der Waals surface area (Å²) in [5.41, 5.74) is 0.707. The lowest BCUT2D eigenvalue weighted by Gasteiger charge is -2.17. The molecule has 0 amide bonds. The molecular formula is C15H14ClF2NS. The third-order valence-corrected chi connectivity index (χ3v) is 4.33. The molecule has 0 saturated heterocycles. The first-order valence-corrected chi connectivity index (χ1v) is 7.47. The Morgan fingerprint density at radius 1 is 1.15 bits per heavy atom. The third kappa shape index (κ3) is 3.95. The Kier molecular flexibility index (Phi) is 5.40. The number of thioether (sulfide) groups is 1. The average molecular weight is 314 g/mol. The van der Waals surface area contributed by atoms with Gasteiger partial charge in [-0.25, -0.2) is 8.78 Å². The second-order valence-corrected chi connectivity index (χ2v) is 5.78. The largest absolute Gasteiger partial charge is 0.312 e. The SMILES string of the molecule is CNC(CSc1cccc(F)c1)c1cc(F)ccc1Cl. The van der Waals surface area contributed by atoms with Gasteiger partial charge >= 0.3 is 0 Å². The van der Waals surface area contributed by atoms with Crippen LogP contribution in [0.25, 0.3) is 0 Å². The van der Waals surface area contributed by atoms with E-state index in [0.29, 0.717) is 16.3 Å². The zero-order valence-electron chi connectivity index (χ0n) is 10.9. The zero-order valence-corrected chi connectivity index (χ0v) is 12.4. The summed E-state index contributed by atoms with van der Waals surface area (Å²) in [4.78, 5) is 0.831. The molecule has 0 bridgehead atoms.